The molecule has 0 unspecified atom stereocenters. The van der Waals surface area contributed by atoms with Crippen molar-refractivity contribution in [3.05, 3.63) is 11.6 Å². The van der Waals surface area contributed by atoms with Crippen LogP contribution >= 0.6 is 11.6 Å². The van der Waals surface area contributed by atoms with Crippen molar-refractivity contribution in [3.63, 3.8) is 0 Å². The SMILES string of the molecule is NC1CCN(c2ncnc(Cl)n2)CC1. The van der Waals surface area contributed by atoms with Crippen molar-refractivity contribution < 1.29 is 0 Å². The van der Waals surface area contributed by atoms with Crippen LogP contribution in [-0.4, -0.2) is 34.1 Å². The smallest absolute Gasteiger partial charge is 0.229 e. The third-order valence-corrected chi connectivity index (χ3v) is 2.53. The Bertz CT molecular complexity index is 310. The van der Waals surface area contributed by atoms with E-state index in [-0.39, 0.29) is 5.28 Å². The fourth-order valence-corrected chi connectivity index (χ4v) is 1.64. The van der Waals surface area contributed by atoms with E-state index in [9.17, 15) is 0 Å². The van der Waals surface area contributed by atoms with Gasteiger partial charge in [-0.15, -0.1) is 0 Å². The molecule has 0 amide bonds. The van der Waals surface area contributed by atoms with Crippen molar-refractivity contribution in [2.45, 2.75) is 18.9 Å². The quantitative estimate of drug-likeness (QED) is 0.734. The summed E-state index contributed by atoms with van der Waals surface area (Å²) in [6, 6.07) is 0.309. The summed E-state index contributed by atoms with van der Waals surface area (Å²) in [6.07, 6.45) is 3.38. The van der Waals surface area contributed by atoms with Gasteiger partial charge in [-0.05, 0) is 24.4 Å². The van der Waals surface area contributed by atoms with Gasteiger partial charge in [0.15, 0.2) is 0 Å². The minimum Gasteiger partial charge on any atom is -0.341 e. The molecular formula is C8H12ClN5. The van der Waals surface area contributed by atoms with Crippen LogP contribution < -0.4 is 10.6 Å². The van der Waals surface area contributed by atoms with Crippen molar-refractivity contribution in [1.82, 2.24) is 15.0 Å². The number of halogens is 1. The van der Waals surface area contributed by atoms with Gasteiger partial charge in [0.1, 0.15) is 6.33 Å². The normalized spacial score (nSPS) is 18.6. The van der Waals surface area contributed by atoms with E-state index in [0.29, 0.717) is 12.0 Å². The molecule has 1 aromatic heterocycles. The molecular weight excluding hydrogens is 202 g/mol. The van der Waals surface area contributed by atoms with Crippen LogP contribution in [0.2, 0.25) is 5.28 Å². The molecule has 0 aromatic carbocycles. The molecule has 0 saturated carbocycles. The summed E-state index contributed by atoms with van der Waals surface area (Å²) in [4.78, 5) is 13.9. The third-order valence-electron chi connectivity index (χ3n) is 2.35. The largest absolute Gasteiger partial charge is 0.341 e. The summed E-state index contributed by atoms with van der Waals surface area (Å²) < 4.78 is 0. The number of nitrogens with two attached hydrogens (primary N) is 1. The maximum absolute atomic E-state index is 5.80. The summed E-state index contributed by atoms with van der Waals surface area (Å²) >= 11 is 5.68. The molecule has 1 aliphatic heterocycles. The van der Waals surface area contributed by atoms with E-state index in [0.717, 1.165) is 25.9 Å². The van der Waals surface area contributed by atoms with Crippen molar-refractivity contribution >= 4 is 17.5 Å². The van der Waals surface area contributed by atoms with E-state index in [2.05, 4.69) is 19.9 Å². The molecule has 0 bridgehead atoms. The number of nitrogens with zero attached hydrogens (tertiary/aromatic N) is 4. The summed E-state index contributed by atoms with van der Waals surface area (Å²) in [7, 11) is 0. The average Bonchev–Trinajstić information content (AvgIpc) is 2.19. The lowest BCUT2D eigenvalue weighted by Gasteiger charge is -2.29. The Morgan fingerprint density at radius 3 is 2.71 bits per heavy atom. The summed E-state index contributed by atoms with van der Waals surface area (Å²) in [5.74, 6) is 0.650. The van der Waals surface area contributed by atoms with Gasteiger partial charge in [-0.1, -0.05) is 0 Å². The molecule has 0 spiro atoms. The Kier molecular flexibility index (Phi) is 2.79. The predicted octanol–water partition coefficient (Wildman–Crippen LogP) is 0.452. The third kappa shape index (κ3) is 2.10. The topological polar surface area (TPSA) is 67.9 Å². The molecule has 76 valence electrons. The highest BCUT2D eigenvalue weighted by molar-refractivity contribution is 6.28. The van der Waals surface area contributed by atoms with Crippen LogP contribution in [0.3, 0.4) is 0 Å². The van der Waals surface area contributed by atoms with Crippen LogP contribution in [0.25, 0.3) is 0 Å². The monoisotopic (exact) mass is 213 g/mol. The molecule has 1 aliphatic rings. The van der Waals surface area contributed by atoms with E-state index >= 15 is 0 Å². The fraction of sp³-hybridized carbons (Fsp3) is 0.625. The molecule has 6 heteroatoms. The second kappa shape index (κ2) is 4.06. The van der Waals surface area contributed by atoms with E-state index < -0.39 is 0 Å². The predicted molar refractivity (Wildman–Crippen MR) is 54.3 cm³/mol. The van der Waals surface area contributed by atoms with E-state index in [1.165, 1.54) is 6.33 Å². The van der Waals surface area contributed by atoms with Gasteiger partial charge >= 0.3 is 0 Å². The summed E-state index contributed by atoms with van der Waals surface area (Å²) in [6.45, 7) is 1.78. The second-order valence-electron chi connectivity index (χ2n) is 3.38. The first-order valence-electron chi connectivity index (χ1n) is 4.61. The van der Waals surface area contributed by atoms with Crippen molar-refractivity contribution in [1.29, 1.82) is 0 Å². The molecule has 0 radical (unpaired) electrons. The van der Waals surface area contributed by atoms with Gasteiger partial charge < -0.3 is 10.6 Å². The molecule has 2 heterocycles. The van der Waals surface area contributed by atoms with Gasteiger partial charge in [0, 0.05) is 19.1 Å². The lowest BCUT2D eigenvalue weighted by atomic mass is 10.1. The lowest BCUT2D eigenvalue weighted by molar-refractivity contribution is 0.495. The van der Waals surface area contributed by atoms with Crippen molar-refractivity contribution in [2.75, 3.05) is 18.0 Å². The zero-order chi connectivity index (χ0) is 9.97. The Hall–Kier alpha value is -0.940. The van der Waals surface area contributed by atoms with Gasteiger partial charge in [-0.25, -0.2) is 9.97 Å². The molecule has 1 fully saturated rings. The van der Waals surface area contributed by atoms with Crippen LogP contribution in [-0.2, 0) is 0 Å². The highest BCUT2D eigenvalue weighted by Gasteiger charge is 2.18. The average molecular weight is 214 g/mol. The molecule has 14 heavy (non-hydrogen) atoms. The number of rotatable bonds is 1. The Morgan fingerprint density at radius 1 is 1.36 bits per heavy atom. The van der Waals surface area contributed by atoms with Crippen molar-refractivity contribution in [3.8, 4) is 0 Å². The number of aromatic nitrogens is 3. The first-order chi connectivity index (χ1) is 6.75. The maximum Gasteiger partial charge on any atom is 0.229 e. The van der Waals surface area contributed by atoms with E-state index in [1.54, 1.807) is 0 Å². The van der Waals surface area contributed by atoms with E-state index in [1.807, 2.05) is 0 Å². The maximum atomic E-state index is 5.80. The van der Waals surface area contributed by atoms with E-state index in [4.69, 9.17) is 17.3 Å². The zero-order valence-corrected chi connectivity index (χ0v) is 8.48. The minimum absolute atomic E-state index is 0.241. The molecule has 0 aliphatic carbocycles. The standard InChI is InChI=1S/C8H12ClN5/c9-7-11-5-12-8(13-7)14-3-1-6(10)2-4-14/h5-6H,1-4,10H2. The number of anilines is 1. The fourth-order valence-electron chi connectivity index (χ4n) is 1.52. The highest BCUT2D eigenvalue weighted by atomic mass is 35.5. The van der Waals surface area contributed by atoms with Gasteiger partial charge in [-0.3, -0.25) is 0 Å². The van der Waals surface area contributed by atoms with Crippen LogP contribution in [0.5, 0.6) is 0 Å². The molecule has 5 nitrogen and oxygen atoms in total. The minimum atomic E-state index is 0.241. The Labute approximate surface area is 87.3 Å². The lowest BCUT2D eigenvalue weighted by Crippen LogP contribution is -2.40. The van der Waals surface area contributed by atoms with Gasteiger partial charge in [0.2, 0.25) is 11.2 Å². The Morgan fingerprint density at radius 2 is 2.07 bits per heavy atom. The molecule has 1 aromatic rings. The van der Waals surface area contributed by atoms with Crippen LogP contribution in [0.15, 0.2) is 6.33 Å². The Balaban J connectivity index is 2.08. The molecule has 1 saturated heterocycles. The van der Waals surface area contributed by atoms with Crippen LogP contribution in [0.1, 0.15) is 12.8 Å². The number of piperidine rings is 1. The highest BCUT2D eigenvalue weighted by Crippen LogP contribution is 2.15. The second-order valence-corrected chi connectivity index (χ2v) is 3.72. The zero-order valence-electron chi connectivity index (χ0n) is 7.73. The summed E-state index contributed by atoms with van der Waals surface area (Å²) in [5.41, 5.74) is 5.80. The molecule has 2 rings (SSSR count). The van der Waals surface area contributed by atoms with Crippen LogP contribution in [0, 0.1) is 0 Å². The first-order valence-corrected chi connectivity index (χ1v) is 4.98. The number of hydrogen-bond donors (Lipinski definition) is 1. The van der Waals surface area contributed by atoms with Gasteiger partial charge in [0.25, 0.3) is 0 Å². The van der Waals surface area contributed by atoms with Crippen LogP contribution in [0.4, 0.5) is 5.95 Å². The van der Waals surface area contributed by atoms with Crippen molar-refractivity contribution in [2.24, 2.45) is 5.73 Å². The van der Waals surface area contributed by atoms with Gasteiger partial charge in [0.05, 0.1) is 0 Å². The first kappa shape index (κ1) is 9.61. The summed E-state index contributed by atoms with van der Waals surface area (Å²) in [5, 5.41) is 0.241. The molecule has 0 atom stereocenters. The molecule has 2 N–H and O–H groups in total. The number of hydrogen-bond acceptors (Lipinski definition) is 5. The van der Waals surface area contributed by atoms with Gasteiger partial charge in [-0.2, -0.15) is 4.98 Å².